The number of imidazole rings is 1. The van der Waals surface area contributed by atoms with E-state index < -0.39 is 0 Å². The monoisotopic (exact) mass is 313 g/mol. The van der Waals surface area contributed by atoms with Gasteiger partial charge in [0.15, 0.2) is 0 Å². The van der Waals surface area contributed by atoms with Crippen molar-refractivity contribution in [3.63, 3.8) is 0 Å². The second-order valence-electron chi connectivity index (χ2n) is 5.55. The van der Waals surface area contributed by atoms with Gasteiger partial charge < -0.3 is 5.32 Å². The van der Waals surface area contributed by atoms with Crippen LogP contribution in [0.1, 0.15) is 26.7 Å². The maximum Gasteiger partial charge on any atom is 0.139 e. The first-order chi connectivity index (χ1) is 10.7. The summed E-state index contributed by atoms with van der Waals surface area (Å²) in [5.41, 5.74) is 2.78. The van der Waals surface area contributed by atoms with Crippen LogP contribution in [-0.4, -0.2) is 15.4 Å². The van der Waals surface area contributed by atoms with E-state index in [1.807, 2.05) is 48.7 Å². The number of pyridine rings is 1. The molecule has 0 aliphatic rings. The van der Waals surface area contributed by atoms with Crippen molar-refractivity contribution < 1.29 is 0 Å². The lowest BCUT2D eigenvalue weighted by Gasteiger charge is -2.15. The molecule has 1 N–H and O–H groups in total. The van der Waals surface area contributed by atoms with Crippen molar-refractivity contribution in [2.24, 2.45) is 0 Å². The highest BCUT2D eigenvalue weighted by Crippen LogP contribution is 2.33. The van der Waals surface area contributed by atoms with E-state index >= 15 is 0 Å². The molecule has 0 spiro atoms. The molecule has 1 unspecified atom stereocenters. The Morgan fingerprint density at radius 1 is 1.18 bits per heavy atom. The number of anilines is 1. The molecule has 0 saturated heterocycles. The van der Waals surface area contributed by atoms with Crippen LogP contribution in [0.25, 0.3) is 16.9 Å². The molecule has 114 valence electrons. The van der Waals surface area contributed by atoms with Crippen LogP contribution in [0.4, 0.5) is 5.82 Å². The topological polar surface area (TPSA) is 29.3 Å². The number of nitrogens with zero attached hydrogens (tertiary/aromatic N) is 2. The molecule has 0 radical (unpaired) electrons. The van der Waals surface area contributed by atoms with Gasteiger partial charge in [0.05, 0.1) is 5.02 Å². The third-order valence-corrected chi connectivity index (χ3v) is 4.09. The molecular weight excluding hydrogens is 294 g/mol. The number of aromatic nitrogens is 2. The summed E-state index contributed by atoms with van der Waals surface area (Å²) in [6, 6.07) is 14.2. The van der Waals surface area contributed by atoms with Gasteiger partial charge in [-0.3, -0.25) is 4.40 Å². The Balaban J connectivity index is 2.14. The number of hydrogen-bond acceptors (Lipinski definition) is 2. The fraction of sp³-hybridized carbons (Fsp3) is 0.278. The summed E-state index contributed by atoms with van der Waals surface area (Å²) in [4.78, 5) is 4.77. The molecule has 2 heterocycles. The van der Waals surface area contributed by atoms with Crippen molar-refractivity contribution in [3.8, 4) is 11.3 Å². The molecule has 2 aromatic heterocycles. The summed E-state index contributed by atoms with van der Waals surface area (Å²) < 4.78 is 2.09. The van der Waals surface area contributed by atoms with E-state index in [0.29, 0.717) is 6.04 Å². The summed E-state index contributed by atoms with van der Waals surface area (Å²) in [6.45, 7) is 4.39. The number of nitrogens with one attached hydrogen (secondary N) is 1. The van der Waals surface area contributed by atoms with Gasteiger partial charge in [0, 0.05) is 17.8 Å². The maximum absolute atomic E-state index is 6.38. The zero-order valence-electron chi connectivity index (χ0n) is 12.9. The molecular formula is C18H20ClN3. The molecule has 1 aromatic carbocycles. The maximum atomic E-state index is 6.38. The van der Waals surface area contributed by atoms with Gasteiger partial charge in [-0.15, -0.1) is 0 Å². The fourth-order valence-corrected chi connectivity index (χ4v) is 2.94. The molecule has 0 amide bonds. The van der Waals surface area contributed by atoms with Crippen molar-refractivity contribution in [2.75, 3.05) is 5.32 Å². The van der Waals surface area contributed by atoms with Gasteiger partial charge in [0.25, 0.3) is 0 Å². The molecule has 0 saturated carbocycles. The number of benzene rings is 1. The summed E-state index contributed by atoms with van der Waals surface area (Å²) in [5.74, 6) is 1.00. The van der Waals surface area contributed by atoms with E-state index in [0.717, 1.165) is 40.6 Å². The fourth-order valence-electron chi connectivity index (χ4n) is 2.71. The number of rotatable bonds is 5. The van der Waals surface area contributed by atoms with Gasteiger partial charge in [0.1, 0.15) is 17.2 Å². The van der Waals surface area contributed by atoms with Gasteiger partial charge in [-0.2, -0.15) is 0 Å². The van der Waals surface area contributed by atoms with E-state index in [2.05, 4.69) is 23.6 Å². The minimum absolute atomic E-state index is 0.381. The first-order valence-corrected chi connectivity index (χ1v) is 8.07. The van der Waals surface area contributed by atoms with E-state index in [1.54, 1.807) is 0 Å². The van der Waals surface area contributed by atoms with Crippen LogP contribution in [0.2, 0.25) is 5.02 Å². The lowest BCUT2D eigenvalue weighted by Crippen LogP contribution is -2.16. The van der Waals surface area contributed by atoms with E-state index in [1.165, 1.54) is 0 Å². The Kier molecular flexibility index (Phi) is 4.34. The Morgan fingerprint density at radius 3 is 2.73 bits per heavy atom. The molecule has 22 heavy (non-hydrogen) atoms. The SMILES string of the molecule is CCCC(C)Nc1c(-c2ccccc2Cl)nc2ccccn12. The smallest absolute Gasteiger partial charge is 0.139 e. The lowest BCUT2D eigenvalue weighted by molar-refractivity contribution is 0.687. The zero-order valence-corrected chi connectivity index (χ0v) is 13.6. The normalized spacial score (nSPS) is 12.5. The minimum atomic E-state index is 0.381. The van der Waals surface area contributed by atoms with Crippen LogP contribution in [-0.2, 0) is 0 Å². The van der Waals surface area contributed by atoms with Crippen LogP contribution >= 0.6 is 11.6 Å². The second kappa shape index (κ2) is 6.41. The molecule has 0 bridgehead atoms. The van der Waals surface area contributed by atoms with E-state index in [9.17, 15) is 0 Å². The minimum Gasteiger partial charge on any atom is -0.367 e. The summed E-state index contributed by atoms with van der Waals surface area (Å²) in [6.07, 6.45) is 4.29. The molecule has 3 rings (SSSR count). The first-order valence-electron chi connectivity index (χ1n) is 7.69. The Bertz CT molecular complexity index is 779. The third kappa shape index (κ3) is 2.81. The Labute approximate surface area is 136 Å². The Morgan fingerprint density at radius 2 is 1.95 bits per heavy atom. The average Bonchev–Trinajstić information content (AvgIpc) is 2.87. The zero-order chi connectivity index (χ0) is 15.5. The van der Waals surface area contributed by atoms with Crippen molar-refractivity contribution >= 4 is 23.1 Å². The van der Waals surface area contributed by atoms with Crippen molar-refractivity contribution in [1.82, 2.24) is 9.38 Å². The number of hydrogen-bond donors (Lipinski definition) is 1. The van der Waals surface area contributed by atoms with Gasteiger partial charge in [-0.1, -0.05) is 49.2 Å². The molecule has 0 aliphatic heterocycles. The Hall–Kier alpha value is -2.00. The molecule has 1 atom stereocenters. The summed E-state index contributed by atoms with van der Waals surface area (Å²) in [7, 11) is 0. The first kappa shape index (κ1) is 14.9. The largest absolute Gasteiger partial charge is 0.367 e. The van der Waals surface area contributed by atoms with E-state index in [-0.39, 0.29) is 0 Å². The highest BCUT2D eigenvalue weighted by molar-refractivity contribution is 6.33. The van der Waals surface area contributed by atoms with Gasteiger partial charge in [-0.05, 0) is 31.5 Å². The average molecular weight is 314 g/mol. The van der Waals surface area contributed by atoms with E-state index in [4.69, 9.17) is 16.6 Å². The van der Waals surface area contributed by atoms with Crippen LogP contribution in [0.5, 0.6) is 0 Å². The lowest BCUT2D eigenvalue weighted by atomic mass is 10.1. The number of halogens is 1. The highest BCUT2D eigenvalue weighted by Gasteiger charge is 2.17. The molecule has 3 nitrogen and oxygen atoms in total. The van der Waals surface area contributed by atoms with Crippen molar-refractivity contribution in [1.29, 1.82) is 0 Å². The second-order valence-corrected chi connectivity index (χ2v) is 5.96. The summed E-state index contributed by atoms with van der Waals surface area (Å²) >= 11 is 6.38. The molecule has 0 aliphatic carbocycles. The van der Waals surface area contributed by atoms with Crippen LogP contribution in [0.3, 0.4) is 0 Å². The summed E-state index contributed by atoms with van der Waals surface area (Å²) in [5, 5.41) is 4.32. The molecule has 3 aromatic rings. The number of fused-ring (bicyclic) bond motifs is 1. The third-order valence-electron chi connectivity index (χ3n) is 3.76. The predicted molar refractivity (Wildman–Crippen MR) is 93.6 cm³/mol. The molecule has 0 fully saturated rings. The van der Waals surface area contributed by atoms with Crippen molar-refractivity contribution in [2.45, 2.75) is 32.7 Å². The van der Waals surface area contributed by atoms with Crippen molar-refractivity contribution in [3.05, 3.63) is 53.7 Å². The van der Waals surface area contributed by atoms with Gasteiger partial charge >= 0.3 is 0 Å². The van der Waals surface area contributed by atoms with Gasteiger partial charge in [-0.25, -0.2) is 4.98 Å². The van der Waals surface area contributed by atoms with Gasteiger partial charge in [0.2, 0.25) is 0 Å². The standard InChI is InChI=1S/C18H20ClN3/c1-3-8-13(2)20-18-17(14-9-4-5-10-15(14)19)21-16-11-6-7-12-22(16)18/h4-7,9-13,20H,3,8H2,1-2H3. The van der Waals surface area contributed by atoms with Crippen LogP contribution in [0.15, 0.2) is 48.7 Å². The highest BCUT2D eigenvalue weighted by atomic mass is 35.5. The van der Waals surface area contributed by atoms with Crippen LogP contribution < -0.4 is 5.32 Å². The quantitative estimate of drug-likeness (QED) is 0.696. The molecule has 4 heteroatoms. The predicted octanol–water partition coefficient (Wildman–Crippen LogP) is 5.26. The van der Waals surface area contributed by atoms with Crippen LogP contribution in [0, 0.1) is 0 Å².